The first-order valence-electron chi connectivity index (χ1n) is 13.4. The van der Waals surface area contributed by atoms with Crippen LogP contribution in [0.25, 0.3) is 0 Å². The van der Waals surface area contributed by atoms with E-state index in [0.717, 1.165) is 10.6 Å². The molecule has 210 valence electrons. The molecule has 2 amide bonds. The van der Waals surface area contributed by atoms with Crippen LogP contribution in [0.15, 0.2) is 115 Å². The number of imide groups is 1. The Bertz CT molecular complexity index is 1430. The van der Waals surface area contributed by atoms with Crippen molar-refractivity contribution >= 4 is 19.6 Å². The first-order valence-corrected chi connectivity index (χ1v) is 14.8. The first-order chi connectivity index (χ1) is 19.9. The van der Waals surface area contributed by atoms with E-state index in [1.807, 2.05) is 49.4 Å². The number of fused-ring (bicyclic) bond motifs is 1. The summed E-state index contributed by atoms with van der Waals surface area (Å²) in [5.74, 6) is -0.318. The molecule has 0 aromatic heterocycles. The molecule has 0 radical (unpaired) electrons. The SMILES string of the molecule is CC(CCC(OP(=O)(Oc1ccccc1)Oc1ccccc1)c1ccccc1)CON1C(=O)c2ccccc2C1=O. The Balaban J connectivity index is 1.28. The lowest BCUT2D eigenvalue weighted by molar-refractivity contribution is -0.102. The third-order valence-electron chi connectivity index (χ3n) is 6.52. The second kappa shape index (κ2) is 13.0. The van der Waals surface area contributed by atoms with Gasteiger partial charge in [-0.3, -0.25) is 19.0 Å². The van der Waals surface area contributed by atoms with Gasteiger partial charge in [0, 0.05) is 0 Å². The third-order valence-corrected chi connectivity index (χ3v) is 7.90. The van der Waals surface area contributed by atoms with E-state index in [2.05, 4.69) is 0 Å². The van der Waals surface area contributed by atoms with Gasteiger partial charge in [-0.05, 0) is 60.7 Å². The quantitative estimate of drug-likeness (QED) is 0.120. The summed E-state index contributed by atoms with van der Waals surface area (Å²) in [6.45, 7) is 2.08. The van der Waals surface area contributed by atoms with Crippen molar-refractivity contribution in [2.45, 2.75) is 25.9 Å². The fourth-order valence-corrected chi connectivity index (χ4v) is 5.81. The van der Waals surface area contributed by atoms with Gasteiger partial charge in [0.2, 0.25) is 0 Å². The maximum atomic E-state index is 14.1. The highest BCUT2D eigenvalue weighted by Gasteiger charge is 2.37. The molecule has 9 heteroatoms. The summed E-state index contributed by atoms with van der Waals surface area (Å²) >= 11 is 0. The molecule has 0 saturated carbocycles. The number of phosphoric ester groups is 1. The fourth-order valence-electron chi connectivity index (χ4n) is 4.39. The minimum Gasteiger partial charge on any atom is -0.395 e. The Morgan fingerprint density at radius 1 is 0.659 bits per heavy atom. The highest BCUT2D eigenvalue weighted by atomic mass is 31.2. The molecule has 8 nitrogen and oxygen atoms in total. The molecule has 1 aliphatic heterocycles. The zero-order valence-corrected chi connectivity index (χ0v) is 23.4. The Labute approximate surface area is 239 Å². The lowest BCUT2D eigenvalue weighted by Crippen LogP contribution is -2.31. The van der Waals surface area contributed by atoms with Crippen LogP contribution in [0.4, 0.5) is 0 Å². The number of hydrogen-bond acceptors (Lipinski definition) is 7. The van der Waals surface area contributed by atoms with Crippen LogP contribution in [-0.2, 0) is 13.9 Å². The number of amides is 2. The van der Waals surface area contributed by atoms with Gasteiger partial charge in [-0.2, -0.15) is 0 Å². The second-order valence-electron chi connectivity index (χ2n) is 9.69. The highest BCUT2D eigenvalue weighted by molar-refractivity contribution is 7.49. The maximum Gasteiger partial charge on any atom is 0.588 e. The van der Waals surface area contributed by atoms with Crippen LogP contribution >= 0.6 is 7.82 Å². The van der Waals surface area contributed by atoms with Crippen LogP contribution in [-0.4, -0.2) is 23.5 Å². The van der Waals surface area contributed by atoms with E-state index in [1.165, 1.54) is 0 Å². The van der Waals surface area contributed by atoms with Gasteiger partial charge in [0.1, 0.15) is 11.5 Å². The fraction of sp³-hybridized carbons (Fsp3) is 0.188. The number of carbonyl (C=O) groups is 2. The number of hydrogen-bond donors (Lipinski definition) is 0. The van der Waals surface area contributed by atoms with Gasteiger partial charge in [0.05, 0.1) is 23.8 Å². The summed E-state index contributed by atoms with van der Waals surface area (Å²) in [6, 6.07) is 33.5. The molecule has 41 heavy (non-hydrogen) atoms. The zero-order chi connectivity index (χ0) is 28.7. The van der Waals surface area contributed by atoms with E-state index in [1.54, 1.807) is 72.8 Å². The summed E-state index contributed by atoms with van der Waals surface area (Å²) in [5, 5.41) is 0.821. The van der Waals surface area contributed by atoms with Crippen LogP contribution in [0.1, 0.15) is 52.1 Å². The number of rotatable bonds is 13. The van der Waals surface area contributed by atoms with Gasteiger partial charge in [-0.1, -0.05) is 85.8 Å². The molecular weight excluding hydrogens is 541 g/mol. The number of phosphoric acid groups is 1. The van der Waals surface area contributed by atoms with Crippen LogP contribution in [0.2, 0.25) is 0 Å². The van der Waals surface area contributed by atoms with Gasteiger partial charge in [0.25, 0.3) is 11.8 Å². The molecule has 5 rings (SSSR count). The number of hydroxylamine groups is 2. The van der Waals surface area contributed by atoms with Crippen molar-refractivity contribution in [2.75, 3.05) is 6.61 Å². The predicted octanol–water partition coefficient (Wildman–Crippen LogP) is 7.65. The molecular formula is C32H30NO7P. The van der Waals surface area contributed by atoms with Gasteiger partial charge in [0.15, 0.2) is 0 Å². The molecule has 0 N–H and O–H groups in total. The van der Waals surface area contributed by atoms with Crippen molar-refractivity contribution in [3.63, 3.8) is 0 Å². The average Bonchev–Trinajstić information content (AvgIpc) is 3.24. The highest BCUT2D eigenvalue weighted by Crippen LogP contribution is 2.53. The largest absolute Gasteiger partial charge is 0.588 e. The van der Waals surface area contributed by atoms with Crippen LogP contribution in [0.5, 0.6) is 11.5 Å². The van der Waals surface area contributed by atoms with Gasteiger partial charge >= 0.3 is 7.82 Å². The van der Waals surface area contributed by atoms with Crippen molar-refractivity contribution < 1.29 is 32.6 Å². The Morgan fingerprint density at radius 2 is 1.12 bits per heavy atom. The monoisotopic (exact) mass is 571 g/mol. The number of nitrogens with zero attached hydrogens (tertiary/aromatic N) is 1. The molecule has 1 aliphatic rings. The summed E-state index contributed by atoms with van der Waals surface area (Å²) in [5.41, 5.74) is 1.46. The molecule has 2 unspecified atom stereocenters. The summed E-state index contributed by atoms with van der Waals surface area (Å²) < 4.78 is 32.0. The molecule has 0 saturated heterocycles. The number of benzene rings is 4. The van der Waals surface area contributed by atoms with Crippen LogP contribution < -0.4 is 9.05 Å². The molecule has 0 aliphatic carbocycles. The summed E-state index contributed by atoms with van der Waals surface area (Å²) in [6.07, 6.45) is 0.368. The normalized spacial score (nSPS) is 14.4. The zero-order valence-electron chi connectivity index (χ0n) is 22.5. The smallest absolute Gasteiger partial charge is 0.395 e. The van der Waals surface area contributed by atoms with Crippen LogP contribution in [0, 0.1) is 5.92 Å². The van der Waals surface area contributed by atoms with Gasteiger partial charge < -0.3 is 9.05 Å². The van der Waals surface area contributed by atoms with Crippen LogP contribution in [0.3, 0.4) is 0 Å². The Morgan fingerprint density at radius 3 is 1.63 bits per heavy atom. The summed E-state index contributed by atoms with van der Waals surface area (Å²) in [7, 11) is -4.16. The molecule has 4 aromatic carbocycles. The van der Waals surface area contributed by atoms with E-state index in [9.17, 15) is 14.2 Å². The van der Waals surface area contributed by atoms with E-state index < -0.39 is 25.7 Å². The van der Waals surface area contributed by atoms with Crippen molar-refractivity contribution in [2.24, 2.45) is 5.92 Å². The molecule has 2 atom stereocenters. The molecule has 4 aromatic rings. The molecule has 0 spiro atoms. The third kappa shape index (κ3) is 7.11. The van der Waals surface area contributed by atoms with Crippen molar-refractivity contribution in [1.29, 1.82) is 0 Å². The number of para-hydroxylation sites is 2. The Kier molecular flexibility index (Phi) is 8.95. The van der Waals surface area contributed by atoms with E-state index in [0.29, 0.717) is 35.5 Å². The second-order valence-corrected chi connectivity index (χ2v) is 11.2. The van der Waals surface area contributed by atoms with E-state index >= 15 is 0 Å². The lowest BCUT2D eigenvalue weighted by atomic mass is 9.99. The van der Waals surface area contributed by atoms with E-state index in [4.69, 9.17) is 18.4 Å². The van der Waals surface area contributed by atoms with Crippen molar-refractivity contribution in [3.05, 3.63) is 132 Å². The minimum atomic E-state index is -4.16. The van der Waals surface area contributed by atoms with E-state index in [-0.39, 0.29) is 12.5 Å². The topological polar surface area (TPSA) is 91.4 Å². The first kappa shape index (κ1) is 28.3. The summed E-state index contributed by atoms with van der Waals surface area (Å²) in [4.78, 5) is 30.9. The van der Waals surface area contributed by atoms with Gasteiger partial charge in [-0.15, -0.1) is 5.06 Å². The van der Waals surface area contributed by atoms with Crippen molar-refractivity contribution in [1.82, 2.24) is 5.06 Å². The predicted molar refractivity (Wildman–Crippen MR) is 153 cm³/mol. The standard InChI is InChI=1S/C32H30NO7P/c1-24(23-37-33-31(34)28-19-11-12-20-29(28)32(33)35)21-22-30(25-13-5-2-6-14-25)40-41(36,38-26-15-7-3-8-16-26)39-27-17-9-4-10-18-27/h2-20,24,30H,21-23H2,1H3. The Hall–Kier alpha value is -4.23. The average molecular weight is 572 g/mol. The maximum absolute atomic E-state index is 14.1. The van der Waals surface area contributed by atoms with Gasteiger partial charge in [-0.25, -0.2) is 4.57 Å². The molecule has 0 fully saturated rings. The molecule has 1 heterocycles. The number of carbonyl (C=O) groups excluding carboxylic acids is 2. The lowest BCUT2D eigenvalue weighted by Gasteiger charge is -2.26. The molecule has 0 bridgehead atoms. The van der Waals surface area contributed by atoms with Crippen molar-refractivity contribution in [3.8, 4) is 11.5 Å². The minimum absolute atomic E-state index is 0.0707.